The second kappa shape index (κ2) is 11.2. The molecule has 0 bridgehead atoms. The number of nitrogens with one attached hydrogen (secondary N) is 1. The first-order valence-electron chi connectivity index (χ1n) is 12.5. The number of nitrogens with zero attached hydrogens (tertiary/aromatic N) is 6. The Bertz CT molecular complexity index is 1580. The molecule has 0 unspecified atom stereocenters. The van der Waals surface area contributed by atoms with E-state index < -0.39 is 0 Å². The van der Waals surface area contributed by atoms with Crippen molar-refractivity contribution in [2.45, 2.75) is 52.6 Å². The maximum Gasteiger partial charge on any atom is 0.332 e. The summed E-state index contributed by atoms with van der Waals surface area (Å²) in [6, 6.07) is 15.6. The molecule has 4 rings (SSSR count). The molecule has 0 saturated carbocycles. The highest BCUT2D eigenvalue weighted by molar-refractivity contribution is 6.03. The monoisotopic (exact) mass is 500 g/mol. The van der Waals surface area contributed by atoms with E-state index in [1.807, 2.05) is 60.0 Å². The third-order valence-corrected chi connectivity index (χ3v) is 6.48. The molecule has 4 aromatic rings. The van der Waals surface area contributed by atoms with Crippen molar-refractivity contribution in [1.29, 1.82) is 5.53 Å². The van der Waals surface area contributed by atoms with Crippen molar-refractivity contribution in [3.8, 4) is 11.1 Å². The highest BCUT2D eigenvalue weighted by atomic mass is 16.2. The summed E-state index contributed by atoms with van der Waals surface area (Å²) < 4.78 is 4.75. The van der Waals surface area contributed by atoms with E-state index in [0.717, 1.165) is 48.2 Å². The fraction of sp³-hybridized carbons (Fsp3) is 0.333. The highest BCUT2D eigenvalue weighted by Gasteiger charge is 2.20. The average Bonchev–Trinajstić information content (AvgIpc) is 3.27. The van der Waals surface area contributed by atoms with Gasteiger partial charge in [0.05, 0.1) is 0 Å². The SMILES string of the molecule is CCCCc1nc2c(c(=O)n(C)c(=O)n2CCC)n1Cc1ccc(-c2ccccc2/C(N)=N/N=N)cc1. The lowest BCUT2D eigenvalue weighted by Crippen LogP contribution is -2.38. The van der Waals surface area contributed by atoms with Gasteiger partial charge in [0.15, 0.2) is 17.0 Å². The summed E-state index contributed by atoms with van der Waals surface area (Å²) in [7, 11) is 1.52. The zero-order valence-electron chi connectivity index (χ0n) is 21.4. The van der Waals surface area contributed by atoms with Crippen molar-refractivity contribution in [2.24, 2.45) is 23.1 Å². The summed E-state index contributed by atoms with van der Waals surface area (Å²) in [5.41, 5.74) is 16.8. The maximum absolute atomic E-state index is 13.2. The molecule has 37 heavy (non-hydrogen) atoms. The molecule has 0 aliphatic heterocycles. The van der Waals surface area contributed by atoms with Crippen LogP contribution in [0.2, 0.25) is 0 Å². The Balaban J connectivity index is 1.79. The van der Waals surface area contributed by atoms with Gasteiger partial charge in [0.25, 0.3) is 5.56 Å². The van der Waals surface area contributed by atoms with Crippen LogP contribution in [0.15, 0.2) is 68.4 Å². The number of aryl methyl sites for hydroxylation is 2. The van der Waals surface area contributed by atoms with Crippen LogP contribution in [0.1, 0.15) is 50.1 Å². The summed E-state index contributed by atoms with van der Waals surface area (Å²) in [6.07, 6.45) is 3.42. The Morgan fingerprint density at radius 1 is 1.03 bits per heavy atom. The van der Waals surface area contributed by atoms with Gasteiger partial charge in [-0.15, -0.1) is 5.10 Å². The van der Waals surface area contributed by atoms with Gasteiger partial charge < -0.3 is 10.3 Å². The van der Waals surface area contributed by atoms with E-state index in [1.54, 1.807) is 4.57 Å². The highest BCUT2D eigenvalue weighted by Crippen LogP contribution is 2.25. The number of nitrogens with two attached hydrogens (primary N) is 1. The minimum absolute atomic E-state index is 0.175. The molecule has 0 amide bonds. The molecule has 10 heteroatoms. The topological polar surface area (TPSA) is 136 Å². The first-order chi connectivity index (χ1) is 17.9. The van der Waals surface area contributed by atoms with Crippen molar-refractivity contribution >= 4 is 17.0 Å². The zero-order valence-corrected chi connectivity index (χ0v) is 21.4. The van der Waals surface area contributed by atoms with Gasteiger partial charge in [-0.2, -0.15) is 5.53 Å². The van der Waals surface area contributed by atoms with E-state index in [0.29, 0.717) is 29.8 Å². The van der Waals surface area contributed by atoms with E-state index in [9.17, 15) is 9.59 Å². The zero-order chi connectivity index (χ0) is 26.5. The van der Waals surface area contributed by atoms with Crippen molar-refractivity contribution in [3.63, 3.8) is 0 Å². The minimum Gasteiger partial charge on any atom is -0.382 e. The molecule has 0 radical (unpaired) electrons. The molecule has 0 spiro atoms. The Hall–Kier alpha value is -4.34. The predicted octanol–water partition coefficient (Wildman–Crippen LogP) is 4.02. The third kappa shape index (κ3) is 5.00. The van der Waals surface area contributed by atoms with Crippen LogP contribution in [0.3, 0.4) is 0 Å². The molecule has 2 heterocycles. The summed E-state index contributed by atoms with van der Waals surface area (Å²) in [4.78, 5) is 30.9. The molecular formula is C27H32N8O2. The van der Waals surface area contributed by atoms with Crippen molar-refractivity contribution in [1.82, 2.24) is 18.7 Å². The fourth-order valence-electron chi connectivity index (χ4n) is 4.56. The minimum atomic E-state index is -0.338. The van der Waals surface area contributed by atoms with Gasteiger partial charge in [-0.05, 0) is 29.5 Å². The molecule has 3 N–H and O–H groups in total. The van der Waals surface area contributed by atoms with Crippen LogP contribution in [-0.2, 0) is 26.6 Å². The Labute approximate surface area is 214 Å². The molecule has 2 aromatic carbocycles. The number of fused-ring (bicyclic) bond motifs is 1. The van der Waals surface area contributed by atoms with Gasteiger partial charge in [-0.1, -0.05) is 74.0 Å². The number of hydrogen-bond donors (Lipinski definition) is 2. The Morgan fingerprint density at radius 2 is 1.76 bits per heavy atom. The molecule has 0 aliphatic rings. The maximum atomic E-state index is 13.2. The second-order valence-electron chi connectivity index (χ2n) is 9.02. The lowest BCUT2D eigenvalue weighted by molar-refractivity contribution is 0.609. The molecule has 0 fully saturated rings. The quantitative estimate of drug-likeness (QED) is 0.147. The summed E-state index contributed by atoms with van der Waals surface area (Å²) >= 11 is 0. The van der Waals surface area contributed by atoms with Crippen LogP contribution in [-0.4, -0.2) is 24.5 Å². The first kappa shape index (κ1) is 25.7. The third-order valence-electron chi connectivity index (χ3n) is 6.48. The van der Waals surface area contributed by atoms with E-state index >= 15 is 0 Å². The lowest BCUT2D eigenvalue weighted by Gasteiger charge is -2.12. The van der Waals surface area contributed by atoms with Crippen molar-refractivity contribution < 1.29 is 0 Å². The molecule has 0 atom stereocenters. The predicted molar refractivity (Wildman–Crippen MR) is 145 cm³/mol. The standard InChI is InChI=1S/C27H32N8O2/c1-4-6-11-22-30-25-23(26(36)33(3)27(37)34(25)16-5-2)35(22)17-18-12-14-19(15-13-18)20-9-7-8-10-21(20)24(28)31-32-29/h7-10,12-15H,4-6,11,16-17H2,1-3H3,(H3,28,29,31). The van der Waals surface area contributed by atoms with E-state index in [1.165, 1.54) is 11.6 Å². The molecule has 0 saturated heterocycles. The molecule has 10 nitrogen and oxygen atoms in total. The number of rotatable bonds is 10. The smallest absolute Gasteiger partial charge is 0.332 e. The summed E-state index contributed by atoms with van der Waals surface area (Å²) in [5, 5.41) is 6.72. The van der Waals surface area contributed by atoms with E-state index in [-0.39, 0.29) is 17.1 Å². The van der Waals surface area contributed by atoms with Crippen LogP contribution >= 0.6 is 0 Å². The van der Waals surface area contributed by atoms with Crippen LogP contribution in [0.4, 0.5) is 0 Å². The number of imidazole rings is 1. The molecule has 0 aliphatic carbocycles. The average molecular weight is 501 g/mol. The fourth-order valence-corrected chi connectivity index (χ4v) is 4.56. The van der Waals surface area contributed by atoms with Gasteiger partial charge in [-0.3, -0.25) is 13.9 Å². The summed E-state index contributed by atoms with van der Waals surface area (Å²) in [6.45, 7) is 5.07. The number of aromatic nitrogens is 4. The second-order valence-corrected chi connectivity index (χ2v) is 9.02. The molecule has 2 aromatic heterocycles. The number of hydrogen-bond acceptors (Lipinski definition) is 5. The normalized spacial score (nSPS) is 11.8. The van der Waals surface area contributed by atoms with Gasteiger partial charge >= 0.3 is 5.69 Å². The largest absolute Gasteiger partial charge is 0.382 e. The first-order valence-corrected chi connectivity index (χ1v) is 12.5. The van der Waals surface area contributed by atoms with Gasteiger partial charge in [0, 0.05) is 32.1 Å². The molecular weight excluding hydrogens is 468 g/mol. The molecule has 192 valence electrons. The van der Waals surface area contributed by atoms with E-state index in [2.05, 4.69) is 17.2 Å². The Kier molecular flexibility index (Phi) is 7.76. The number of amidine groups is 1. The van der Waals surface area contributed by atoms with Crippen LogP contribution in [0, 0.1) is 5.53 Å². The van der Waals surface area contributed by atoms with Crippen molar-refractivity contribution in [2.75, 3.05) is 0 Å². The van der Waals surface area contributed by atoms with E-state index in [4.69, 9.17) is 16.2 Å². The number of benzene rings is 2. The van der Waals surface area contributed by atoms with Gasteiger partial charge in [-0.25, -0.2) is 9.78 Å². The van der Waals surface area contributed by atoms with Crippen molar-refractivity contribution in [3.05, 3.63) is 86.3 Å². The van der Waals surface area contributed by atoms with Crippen LogP contribution in [0.25, 0.3) is 22.3 Å². The summed E-state index contributed by atoms with van der Waals surface area (Å²) in [5.74, 6) is 0.982. The van der Waals surface area contributed by atoms with Gasteiger partial charge in [0.2, 0.25) is 0 Å². The lowest BCUT2D eigenvalue weighted by atomic mass is 9.98. The van der Waals surface area contributed by atoms with Gasteiger partial charge in [0.1, 0.15) is 5.82 Å². The van der Waals surface area contributed by atoms with Crippen LogP contribution < -0.4 is 17.0 Å². The van der Waals surface area contributed by atoms with Crippen LogP contribution in [0.5, 0.6) is 0 Å². The Morgan fingerprint density at radius 3 is 2.43 bits per heavy atom. The number of unbranched alkanes of at least 4 members (excludes halogenated alkanes) is 1.